The number of hydrogen-bond donors (Lipinski definition) is 1. The van der Waals surface area contributed by atoms with Gasteiger partial charge in [0.05, 0.1) is 17.6 Å². The van der Waals surface area contributed by atoms with Crippen LogP contribution in [0.15, 0.2) is 21.6 Å². The van der Waals surface area contributed by atoms with E-state index in [1.165, 1.54) is 36.8 Å². The van der Waals surface area contributed by atoms with Gasteiger partial charge in [-0.25, -0.2) is 9.79 Å². The highest BCUT2D eigenvalue weighted by molar-refractivity contribution is 9.10. The van der Waals surface area contributed by atoms with Crippen molar-refractivity contribution in [1.29, 1.82) is 0 Å². The molecule has 3 rings (SSSR count). The lowest BCUT2D eigenvalue weighted by Gasteiger charge is -2.22. The van der Waals surface area contributed by atoms with Gasteiger partial charge in [0.15, 0.2) is 0 Å². The largest absolute Gasteiger partial charge is 0.502 e. The van der Waals surface area contributed by atoms with E-state index in [9.17, 15) is 20.0 Å². The van der Waals surface area contributed by atoms with E-state index < -0.39 is 22.3 Å². The van der Waals surface area contributed by atoms with Crippen molar-refractivity contribution in [3.8, 4) is 5.75 Å². The minimum atomic E-state index is -0.670. The summed E-state index contributed by atoms with van der Waals surface area (Å²) in [5.41, 5.74) is 1.11. The van der Waals surface area contributed by atoms with Crippen LogP contribution in [0.4, 0.5) is 10.7 Å². The number of thiophene rings is 1. The number of likely N-dealkylation sites (N-methyl/N-ethyl adjacent to an activating group) is 1. The van der Waals surface area contributed by atoms with Gasteiger partial charge in [0.1, 0.15) is 5.00 Å². The lowest BCUT2D eigenvalue weighted by atomic mass is 10.0. The Morgan fingerprint density at radius 2 is 2.26 bits per heavy atom. The molecule has 0 aliphatic carbocycles. The molecular weight excluding hydrogens is 438 g/mol. The number of hydrogen-bond acceptors (Lipinski definition) is 8. The third-order valence-corrected chi connectivity index (χ3v) is 5.80. The normalized spacial score (nSPS) is 14.3. The molecule has 2 aromatic rings. The number of halogens is 1. The van der Waals surface area contributed by atoms with Crippen LogP contribution in [0.1, 0.15) is 26.4 Å². The number of nitro benzene ring substituents is 1. The van der Waals surface area contributed by atoms with Gasteiger partial charge in [0.25, 0.3) is 0 Å². The first kappa shape index (κ1) is 19.5. The first-order chi connectivity index (χ1) is 12.8. The lowest BCUT2D eigenvalue weighted by molar-refractivity contribution is -0.385. The Balaban J connectivity index is 2.06. The lowest BCUT2D eigenvalue weighted by Crippen LogP contribution is -2.26. The summed E-state index contributed by atoms with van der Waals surface area (Å²) in [6.45, 7) is 1.54. The van der Waals surface area contributed by atoms with Crippen molar-refractivity contribution >= 4 is 50.1 Å². The molecule has 0 amide bonds. The van der Waals surface area contributed by atoms with E-state index in [0.29, 0.717) is 21.6 Å². The molecular formula is C17H16BrN3O5S. The van der Waals surface area contributed by atoms with Gasteiger partial charge in [-0.05, 0) is 25.1 Å². The molecule has 8 nitrogen and oxygen atoms in total. The second kappa shape index (κ2) is 7.75. The van der Waals surface area contributed by atoms with Crippen LogP contribution < -0.4 is 0 Å². The van der Waals surface area contributed by atoms with Crippen molar-refractivity contribution in [2.24, 2.45) is 4.99 Å². The fourth-order valence-corrected chi connectivity index (χ4v) is 4.61. The van der Waals surface area contributed by atoms with Gasteiger partial charge in [-0.1, -0.05) is 15.9 Å². The minimum absolute atomic E-state index is 0.176. The Labute approximate surface area is 167 Å². The number of carbonyl (C=O) groups excluding carboxylic acids is 1. The molecule has 2 heterocycles. The van der Waals surface area contributed by atoms with E-state index in [1.54, 1.807) is 0 Å². The van der Waals surface area contributed by atoms with Crippen molar-refractivity contribution in [3.63, 3.8) is 0 Å². The van der Waals surface area contributed by atoms with Crippen molar-refractivity contribution in [2.45, 2.75) is 13.0 Å². The maximum absolute atomic E-state index is 12.3. The number of aliphatic imine (C=N–C) groups is 1. The number of aromatic hydroxyl groups is 1. The Morgan fingerprint density at radius 3 is 2.93 bits per heavy atom. The number of nitrogens with zero attached hydrogens (tertiary/aromatic N) is 3. The van der Waals surface area contributed by atoms with Gasteiger partial charge in [0, 0.05) is 40.3 Å². The zero-order chi connectivity index (χ0) is 19.7. The molecule has 142 valence electrons. The standard InChI is InChI=1S/C17H16BrN3O5S/c1-20-4-3-11-13(8-20)27-16(14(11)17(23)26-2)19-7-9-5-10(18)6-12(15(9)22)21(24)25/h5-7,22H,3-4,8H2,1-2H3/b19-7+. The van der Waals surface area contributed by atoms with E-state index in [0.717, 1.165) is 23.4 Å². The second-order valence-corrected chi connectivity index (χ2v) is 8.04. The number of nitro groups is 1. The summed E-state index contributed by atoms with van der Waals surface area (Å²) in [6.07, 6.45) is 2.04. The van der Waals surface area contributed by atoms with E-state index >= 15 is 0 Å². The number of rotatable bonds is 4. The van der Waals surface area contributed by atoms with Crippen LogP contribution in [0.3, 0.4) is 0 Å². The molecule has 0 saturated heterocycles. The topological polar surface area (TPSA) is 105 Å². The Morgan fingerprint density at radius 1 is 1.52 bits per heavy atom. The molecule has 10 heteroatoms. The summed E-state index contributed by atoms with van der Waals surface area (Å²) in [6, 6.07) is 2.73. The molecule has 0 fully saturated rings. The van der Waals surface area contributed by atoms with Gasteiger partial charge in [-0.15, -0.1) is 11.3 Å². The van der Waals surface area contributed by atoms with Crippen LogP contribution in [0.25, 0.3) is 0 Å². The molecule has 0 atom stereocenters. The average Bonchev–Trinajstić information content (AvgIpc) is 2.98. The van der Waals surface area contributed by atoms with E-state index in [-0.39, 0.29) is 5.56 Å². The molecule has 1 aliphatic heterocycles. The van der Waals surface area contributed by atoms with Gasteiger partial charge < -0.3 is 14.7 Å². The number of ether oxygens (including phenoxy) is 1. The number of phenols is 1. The predicted octanol–water partition coefficient (Wildman–Crippen LogP) is 3.65. The molecule has 0 radical (unpaired) electrons. The smallest absolute Gasteiger partial charge is 0.341 e. The van der Waals surface area contributed by atoms with Crippen molar-refractivity contribution in [3.05, 3.63) is 48.3 Å². The fraction of sp³-hybridized carbons (Fsp3) is 0.294. The zero-order valence-electron chi connectivity index (χ0n) is 14.6. The van der Waals surface area contributed by atoms with Crippen molar-refractivity contribution in [2.75, 3.05) is 20.7 Å². The van der Waals surface area contributed by atoms with Crippen LogP contribution in [0.2, 0.25) is 0 Å². The van der Waals surface area contributed by atoms with Gasteiger partial charge >= 0.3 is 11.7 Å². The van der Waals surface area contributed by atoms with E-state index in [2.05, 4.69) is 25.8 Å². The monoisotopic (exact) mass is 453 g/mol. The molecule has 27 heavy (non-hydrogen) atoms. The van der Waals surface area contributed by atoms with E-state index in [4.69, 9.17) is 4.74 Å². The predicted molar refractivity (Wildman–Crippen MR) is 105 cm³/mol. The number of phenolic OH excluding ortho intramolecular Hbond substituents is 1. The summed E-state index contributed by atoms with van der Waals surface area (Å²) >= 11 is 4.57. The minimum Gasteiger partial charge on any atom is -0.502 e. The highest BCUT2D eigenvalue weighted by Crippen LogP contribution is 2.40. The molecule has 1 aromatic heterocycles. The van der Waals surface area contributed by atoms with Gasteiger partial charge in [0.2, 0.25) is 5.75 Å². The summed E-state index contributed by atoms with van der Waals surface area (Å²) in [5, 5.41) is 21.7. The average molecular weight is 454 g/mol. The van der Waals surface area contributed by atoms with Gasteiger partial charge in [-0.3, -0.25) is 10.1 Å². The third kappa shape index (κ3) is 3.87. The fourth-order valence-electron chi connectivity index (χ4n) is 2.89. The summed E-state index contributed by atoms with van der Waals surface area (Å²) < 4.78 is 5.35. The SMILES string of the molecule is COC(=O)c1c(/N=C/c2cc(Br)cc([N+](=O)[O-])c2O)sc2c1CCN(C)C2. The van der Waals surface area contributed by atoms with Crippen LogP contribution in [-0.4, -0.2) is 47.8 Å². The van der Waals surface area contributed by atoms with Crippen molar-refractivity contribution in [1.82, 2.24) is 4.90 Å². The molecule has 0 unspecified atom stereocenters. The number of fused-ring (bicyclic) bond motifs is 1. The summed E-state index contributed by atoms with van der Waals surface area (Å²) in [7, 11) is 3.32. The van der Waals surface area contributed by atoms with E-state index in [1.807, 2.05) is 7.05 Å². The van der Waals surface area contributed by atoms with Crippen LogP contribution in [-0.2, 0) is 17.7 Å². The first-order valence-electron chi connectivity index (χ1n) is 7.94. The number of carbonyl (C=O) groups is 1. The molecule has 0 spiro atoms. The highest BCUT2D eigenvalue weighted by Gasteiger charge is 2.27. The van der Waals surface area contributed by atoms with Crippen LogP contribution >= 0.6 is 27.3 Å². The van der Waals surface area contributed by atoms with Crippen LogP contribution in [0, 0.1) is 10.1 Å². The Bertz CT molecular complexity index is 957. The Kier molecular flexibility index (Phi) is 5.59. The zero-order valence-corrected chi connectivity index (χ0v) is 17.0. The van der Waals surface area contributed by atoms with Crippen molar-refractivity contribution < 1.29 is 19.6 Å². The third-order valence-electron chi connectivity index (χ3n) is 4.22. The summed E-state index contributed by atoms with van der Waals surface area (Å²) in [4.78, 5) is 30.2. The van der Waals surface area contributed by atoms with Crippen LogP contribution in [0.5, 0.6) is 5.75 Å². The maximum Gasteiger partial charge on any atom is 0.341 e. The second-order valence-electron chi connectivity index (χ2n) is 6.04. The number of esters is 1. The molecule has 0 bridgehead atoms. The summed E-state index contributed by atoms with van der Waals surface area (Å²) in [5.74, 6) is -0.943. The molecule has 1 N–H and O–H groups in total. The number of benzene rings is 1. The Hall–Kier alpha value is -2.30. The quantitative estimate of drug-likeness (QED) is 0.327. The first-order valence-corrected chi connectivity index (χ1v) is 9.55. The maximum atomic E-state index is 12.3. The van der Waals surface area contributed by atoms with Gasteiger partial charge in [-0.2, -0.15) is 0 Å². The molecule has 0 saturated carbocycles. The molecule has 1 aliphatic rings. The number of methoxy groups -OCH3 is 1. The molecule has 1 aromatic carbocycles. The highest BCUT2D eigenvalue weighted by atomic mass is 79.9.